The number of nitrogens with two attached hydrogens (primary N) is 1. The van der Waals surface area contributed by atoms with Crippen molar-refractivity contribution >= 4 is 27.8 Å². The van der Waals surface area contributed by atoms with Gasteiger partial charge in [-0.15, -0.1) is 0 Å². The van der Waals surface area contributed by atoms with Crippen LogP contribution in [0.4, 0.5) is 0 Å². The number of carbonyl (C=O) groups is 1. The van der Waals surface area contributed by atoms with Crippen LogP contribution in [0.15, 0.2) is 27.7 Å². The number of hydrogen-bond acceptors (Lipinski definition) is 6. The first kappa shape index (κ1) is 17.5. The topological polar surface area (TPSA) is 86.4 Å². The minimum absolute atomic E-state index is 0.0253. The Labute approximate surface area is 166 Å². The van der Waals surface area contributed by atoms with Gasteiger partial charge in [0.15, 0.2) is 11.7 Å². The largest absolute Gasteiger partial charge is 0.489 e. The van der Waals surface area contributed by atoms with E-state index in [9.17, 15) is 4.79 Å². The minimum Gasteiger partial charge on any atom is -0.489 e. The van der Waals surface area contributed by atoms with E-state index in [0.717, 1.165) is 28.6 Å². The van der Waals surface area contributed by atoms with Crippen LogP contribution in [0.3, 0.4) is 0 Å². The molecule has 8 heteroatoms. The fourth-order valence-corrected chi connectivity index (χ4v) is 5.37. The van der Waals surface area contributed by atoms with E-state index in [-0.39, 0.29) is 30.3 Å². The lowest BCUT2D eigenvalue weighted by Crippen LogP contribution is -2.59. The quantitative estimate of drug-likeness (QED) is 0.674. The number of benzene rings is 1. The second kappa shape index (κ2) is 5.93. The Hall–Kier alpha value is -1.64. The first-order chi connectivity index (χ1) is 12.9. The summed E-state index contributed by atoms with van der Waals surface area (Å²) >= 11 is 3.55. The van der Waals surface area contributed by atoms with Crippen LogP contribution in [0, 0.1) is 5.92 Å². The van der Waals surface area contributed by atoms with E-state index < -0.39 is 11.3 Å². The van der Waals surface area contributed by atoms with E-state index >= 15 is 0 Å². The number of ether oxygens (including phenoxy) is 3. The summed E-state index contributed by atoms with van der Waals surface area (Å²) in [5, 5.41) is 0. The lowest BCUT2D eigenvalue weighted by molar-refractivity contribution is -0.210. The number of nitrogens with zero attached hydrogens (tertiary/aromatic N) is 2. The van der Waals surface area contributed by atoms with Crippen molar-refractivity contribution < 1.29 is 19.0 Å². The fourth-order valence-electron chi connectivity index (χ4n) is 5.01. The molecule has 1 saturated heterocycles. The van der Waals surface area contributed by atoms with Gasteiger partial charge in [-0.05, 0) is 24.6 Å². The standard InChI is InChI=1S/C19H22BrN3O4/c1-23-16(24)10-19(22-17(23)21)12-4-5-18(25-6-7-26-18)9-15(12)27-14-3-2-11(20)8-13(14)19/h2-3,8,12,15H,4-7,9-10H2,1H3,(H2,21,22). The van der Waals surface area contributed by atoms with Gasteiger partial charge in [0.2, 0.25) is 5.91 Å². The molecular weight excluding hydrogens is 414 g/mol. The molecule has 1 aromatic rings. The molecule has 3 heterocycles. The first-order valence-corrected chi connectivity index (χ1v) is 10.1. The van der Waals surface area contributed by atoms with Crippen molar-refractivity contribution in [3.63, 3.8) is 0 Å². The van der Waals surface area contributed by atoms with E-state index in [1.54, 1.807) is 7.05 Å². The number of aliphatic imine (C=N–C) groups is 1. The van der Waals surface area contributed by atoms with Crippen LogP contribution in [-0.2, 0) is 19.8 Å². The van der Waals surface area contributed by atoms with Crippen molar-refractivity contribution in [2.24, 2.45) is 16.6 Å². The molecule has 0 bridgehead atoms. The van der Waals surface area contributed by atoms with E-state index in [2.05, 4.69) is 15.9 Å². The summed E-state index contributed by atoms with van der Waals surface area (Å²) in [4.78, 5) is 19.1. The zero-order valence-corrected chi connectivity index (χ0v) is 16.7. The van der Waals surface area contributed by atoms with Gasteiger partial charge in [-0.25, -0.2) is 4.99 Å². The van der Waals surface area contributed by atoms with Crippen molar-refractivity contribution in [3.05, 3.63) is 28.2 Å². The van der Waals surface area contributed by atoms with Gasteiger partial charge in [-0.3, -0.25) is 9.69 Å². The first-order valence-electron chi connectivity index (χ1n) is 9.29. The fraction of sp³-hybridized carbons (Fsp3) is 0.579. The Kier molecular flexibility index (Phi) is 3.83. The van der Waals surface area contributed by atoms with Gasteiger partial charge in [0.05, 0.1) is 19.6 Å². The molecule has 7 nitrogen and oxygen atoms in total. The normalized spacial score (nSPS) is 34.2. The molecule has 2 spiro atoms. The number of rotatable bonds is 0. The van der Waals surface area contributed by atoms with Crippen molar-refractivity contribution in [2.45, 2.75) is 43.1 Å². The smallest absolute Gasteiger partial charge is 0.231 e. The predicted octanol–water partition coefficient (Wildman–Crippen LogP) is 2.13. The van der Waals surface area contributed by atoms with Crippen molar-refractivity contribution in [2.75, 3.05) is 20.3 Å². The third-order valence-electron chi connectivity index (χ3n) is 6.36. The molecule has 1 amide bonds. The molecule has 27 heavy (non-hydrogen) atoms. The Bertz CT molecular complexity index is 838. The lowest BCUT2D eigenvalue weighted by Gasteiger charge is -2.52. The Morgan fingerprint density at radius 1 is 1.33 bits per heavy atom. The van der Waals surface area contributed by atoms with Crippen LogP contribution in [0.25, 0.3) is 0 Å². The highest BCUT2D eigenvalue weighted by molar-refractivity contribution is 9.10. The van der Waals surface area contributed by atoms with Crippen molar-refractivity contribution in [1.29, 1.82) is 0 Å². The Morgan fingerprint density at radius 3 is 2.85 bits per heavy atom. The molecule has 144 valence electrons. The predicted molar refractivity (Wildman–Crippen MR) is 101 cm³/mol. The summed E-state index contributed by atoms with van der Waals surface area (Å²) in [7, 11) is 1.67. The molecule has 2 N–H and O–H groups in total. The zero-order valence-electron chi connectivity index (χ0n) is 15.1. The maximum Gasteiger partial charge on any atom is 0.231 e. The SMILES string of the molecule is CN1C(=O)CC2(N=C1N)c1cc(Br)ccc1OC1CC3(CCC12)OCCO3. The molecule has 1 aliphatic carbocycles. The molecule has 3 atom stereocenters. The second-order valence-electron chi connectivity index (χ2n) is 7.78. The Morgan fingerprint density at radius 2 is 2.11 bits per heavy atom. The highest BCUT2D eigenvalue weighted by Crippen LogP contribution is 2.56. The van der Waals surface area contributed by atoms with Gasteiger partial charge in [0.25, 0.3) is 0 Å². The average Bonchev–Trinajstić information content (AvgIpc) is 3.08. The summed E-state index contributed by atoms with van der Waals surface area (Å²) in [5.41, 5.74) is 6.37. The maximum atomic E-state index is 12.8. The van der Waals surface area contributed by atoms with Gasteiger partial charge in [0, 0.05) is 35.8 Å². The van der Waals surface area contributed by atoms with Crippen LogP contribution in [-0.4, -0.2) is 48.9 Å². The molecule has 0 radical (unpaired) electrons. The second-order valence-corrected chi connectivity index (χ2v) is 8.69. The van der Waals surface area contributed by atoms with Gasteiger partial charge in [0.1, 0.15) is 17.4 Å². The number of halogens is 1. The average molecular weight is 436 g/mol. The molecule has 0 aromatic heterocycles. The molecule has 4 aliphatic rings. The summed E-state index contributed by atoms with van der Waals surface area (Å²) in [6.45, 7) is 1.22. The Balaban J connectivity index is 1.64. The van der Waals surface area contributed by atoms with Gasteiger partial charge in [-0.1, -0.05) is 15.9 Å². The lowest BCUT2D eigenvalue weighted by atomic mass is 9.64. The molecule has 2 fully saturated rings. The third-order valence-corrected chi connectivity index (χ3v) is 6.86. The molecule has 1 aromatic carbocycles. The van der Waals surface area contributed by atoms with E-state index in [1.807, 2.05) is 18.2 Å². The summed E-state index contributed by atoms with van der Waals surface area (Å²) in [6, 6.07) is 5.88. The van der Waals surface area contributed by atoms with Crippen LogP contribution in [0.2, 0.25) is 0 Å². The van der Waals surface area contributed by atoms with E-state index in [1.165, 1.54) is 4.90 Å². The van der Waals surface area contributed by atoms with Crippen LogP contribution in [0.5, 0.6) is 5.75 Å². The monoisotopic (exact) mass is 435 g/mol. The molecular formula is C19H22BrN3O4. The van der Waals surface area contributed by atoms with Crippen LogP contribution < -0.4 is 10.5 Å². The minimum atomic E-state index is -0.712. The van der Waals surface area contributed by atoms with Gasteiger partial charge in [-0.2, -0.15) is 0 Å². The van der Waals surface area contributed by atoms with Crippen LogP contribution in [0.1, 0.15) is 31.2 Å². The highest BCUT2D eigenvalue weighted by atomic mass is 79.9. The summed E-state index contributed by atoms with van der Waals surface area (Å²) in [5.74, 6) is 0.450. The number of hydrogen-bond donors (Lipinski definition) is 1. The number of carbonyl (C=O) groups excluding carboxylic acids is 1. The summed E-state index contributed by atoms with van der Waals surface area (Å²) < 4.78 is 19.2. The molecule has 5 rings (SSSR count). The van der Waals surface area contributed by atoms with Crippen molar-refractivity contribution in [3.8, 4) is 5.75 Å². The molecule has 1 saturated carbocycles. The number of guanidine groups is 1. The number of amides is 1. The van der Waals surface area contributed by atoms with Crippen molar-refractivity contribution in [1.82, 2.24) is 4.90 Å². The number of fused-ring (bicyclic) bond motifs is 4. The van der Waals surface area contributed by atoms with Crippen LogP contribution >= 0.6 is 15.9 Å². The highest BCUT2D eigenvalue weighted by Gasteiger charge is 2.58. The van der Waals surface area contributed by atoms with Gasteiger partial charge >= 0.3 is 0 Å². The van der Waals surface area contributed by atoms with E-state index in [4.69, 9.17) is 24.9 Å². The molecule has 3 unspecified atom stereocenters. The third kappa shape index (κ3) is 2.53. The zero-order chi connectivity index (χ0) is 18.8. The maximum absolute atomic E-state index is 12.8. The summed E-state index contributed by atoms with van der Waals surface area (Å²) in [6.07, 6.45) is 2.34. The molecule has 3 aliphatic heterocycles. The van der Waals surface area contributed by atoms with E-state index in [0.29, 0.717) is 19.6 Å². The van der Waals surface area contributed by atoms with Gasteiger partial charge < -0.3 is 19.9 Å².